The van der Waals surface area contributed by atoms with Gasteiger partial charge in [-0.25, -0.2) is 4.39 Å². The Kier molecular flexibility index (Phi) is 4.44. The Morgan fingerprint density at radius 1 is 1.12 bits per heavy atom. The Morgan fingerprint density at radius 2 is 1.88 bits per heavy atom. The Bertz CT molecular complexity index is 869. The molecule has 2 N–H and O–H groups in total. The summed E-state index contributed by atoms with van der Waals surface area (Å²) in [6, 6.07) is 14.4. The van der Waals surface area contributed by atoms with Crippen LogP contribution in [0.1, 0.15) is 21.7 Å². The molecular formula is C19H16FNO3. The van der Waals surface area contributed by atoms with Gasteiger partial charge in [0.15, 0.2) is 0 Å². The summed E-state index contributed by atoms with van der Waals surface area (Å²) in [6.45, 7) is 1.71. The molecule has 122 valence electrons. The van der Waals surface area contributed by atoms with Gasteiger partial charge in [-0.05, 0) is 55.0 Å². The van der Waals surface area contributed by atoms with Gasteiger partial charge in [0, 0.05) is 16.8 Å². The van der Waals surface area contributed by atoms with Gasteiger partial charge in [-0.15, -0.1) is 0 Å². The number of hydrogen-bond donors (Lipinski definition) is 2. The van der Waals surface area contributed by atoms with E-state index in [0.717, 1.165) is 11.1 Å². The van der Waals surface area contributed by atoms with Crippen molar-refractivity contribution in [3.63, 3.8) is 0 Å². The molecule has 0 aliphatic heterocycles. The third-order valence-electron chi connectivity index (χ3n) is 3.69. The van der Waals surface area contributed by atoms with Gasteiger partial charge in [0.2, 0.25) is 0 Å². The third kappa shape index (κ3) is 3.36. The maximum Gasteiger partial charge on any atom is 0.255 e. The molecule has 0 aliphatic carbocycles. The highest BCUT2D eigenvalue weighted by Gasteiger charge is 2.11. The maximum atomic E-state index is 13.0. The second-order valence-corrected chi connectivity index (χ2v) is 5.41. The van der Waals surface area contributed by atoms with Gasteiger partial charge in [0.25, 0.3) is 5.91 Å². The molecule has 0 unspecified atom stereocenters. The number of carbonyl (C=O) groups is 1. The van der Waals surface area contributed by atoms with Crippen molar-refractivity contribution in [2.24, 2.45) is 0 Å². The highest BCUT2D eigenvalue weighted by Crippen LogP contribution is 2.27. The van der Waals surface area contributed by atoms with Gasteiger partial charge >= 0.3 is 0 Å². The van der Waals surface area contributed by atoms with Crippen LogP contribution in [0, 0.1) is 12.7 Å². The van der Waals surface area contributed by atoms with E-state index in [1.807, 2.05) is 19.1 Å². The SMILES string of the molecule is Cc1ccc(-c2ccc(CO)o2)cc1NC(=O)c1ccc(F)cc1. The monoisotopic (exact) mass is 325 g/mol. The first-order chi connectivity index (χ1) is 11.6. The number of rotatable bonds is 4. The highest BCUT2D eigenvalue weighted by atomic mass is 19.1. The molecule has 3 aromatic rings. The van der Waals surface area contributed by atoms with E-state index >= 15 is 0 Å². The lowest BCUT2D eigenvalue weighted by atomic mass is 10.1. The molecule has 1 aromatic heterocycles. The minimum atomic E-state index is -0.387. The zero-order valence-electron chi connectivity index (χ0n) is 13.0. The number of amides is 1. The Hall–Kier alpha value is -2.92. The van der Waals surface area contributed by atoms with Crippen LogP contribution in [0.15, 0.2) is 59.0 Å². The summed E-state index contributed by atoms with van der Waals surface area (Å²) < 4.78 is 18.5. The number of aryl methyl sites for hydroxylation is 1. The van der Waals surface area contributed by atoms with Crippen LogP contribution in [0.4, 0.5) is 10.1 Å². The van der Waals surface area contributed by atoms with Crippen LogP contribution in [0.2, 0.25) is 0 Å². The van der Waals surface area contributed by atoms with E-state index < -0.39 is 0 Å². The number of aliphatic hydroxyl groups is 1. The van der Waals surface area contributed by atoms with Crippen molar-refractivity contribution in [3.05, 3.63) is 77.3 Å². The van der Waals surface area contributed by atoms with Crippen molar-refractivity contribution in [1.82, 2.24) is 0 Å². The maximum absolute atomic E-state index is 13.0. The Morgan fingerprint density at radius 3 is 2.54 bits per heavy atom. The van der Waals surface area contributed by atoms with Gasteiger partial charge in [0.05, 0.1) is 0 Å². The molecule has 0 spiro atoms. The second kappa shape index (κ2) is 6.68. The minimum Gasteiger partial charge on any atom is -0.459 e. The summed E-state index contributed by atoms with van der Waals surface area (Å²) in [5.74, 6) is 0.381. The van der Waals surface area contributed by atoms with Crippen LogP contribution in [0.25, 0.3) is 11.3 Å². The lowest BCUT2D eigenvalue weighted by Gasteiger charge is -2.10. The second-order valence-electron chi connectivity index (χ2n) is 5.41. The number of hydrogen-bond acceptors (Lipinski definition) is 3. The number of carbonyl (C=O) groups excluding carboxylic acids is 1. The summed E-state index contributed by atoms with van der Waals surface area (Å²) in [5, 5.41) is 11.9. The molecule has 5 heteroatoms. The average molecular weight is 325 g/mol. The van der Waals surface area contributed by atoms with Crippen LogP contribution in [0.3, 0.4) is 0 Å². The average Bonchev–Trinajstić information content (AvgIpc) is 3.06. The van der Waals surface area contributed by atoms with Crippen LogP contribution < -0.4 is 5.32 Å². The van der Waals surface area contributed by atoms with E-state index in [1.165, 1.54) is 24.3 Å². The summed E-state index contributed by atoms with van der Waals surface area (Å²) in [5.41, 5.74) is 2.70. The Balaban J connectivity index is 1.86. The van der Waals surface area contributed by atoms with E-state index in [2.05, 4.69) is 5.32 Å². The van der Waals surface area contributed by atoms with Crippen LogP contribution in [-0.2, 0) is 6.61 Å². The predicted molar refractivity (Wildman–Crippen MR) is 89.2 cm³/mol. The normalized spacial score (nSPS) is 10.6. The molecule has 24 heavy (non-hydrogen) atoms. The van der Waals surface area contributed by atoms with Crippen molar-refractivity contribution >= 4 is 11.6 Å². The molecule has 3 rings (SSSR count). The lowest BCUT2D eigenvalue weighted by molar-refractivity contribution is 0.102. The molecule has 0 fully saturated rings. The molecule has 0 atom stereocenters. The zero-order valence-corrected chi connectivity index (χ0v) is 13.0. The molecule has 0 saturated heterocycles. The van der Waals surface area contributed by atoms with Gasteiger partial charge in [0.1, 0.15) is 23.9 Å². The molecule has 1 heterocycles. The van der Waals surface area contributed by atoms with Gasteiger partial charge in [-0.1, -0.05) is 12.1 Å². The molecule has 0 bridgehead atoms. The molecule has 0 saturated carbocycles. The van der Waals surface area contributed by atoms with E-state index in [4.69, 9.17) is 9.52 Å². The highest BCUT2D eigenvalue weighted by molar-refractivity contribution is 6.04. The summed E-state index contributed by atoms with van der Waals surface area (Å²) in [6.07, 6.45) is 0. The topological polar surface area (TPSA) is 62.5 Å². The molecular weight excluding hydrogens is 309 g/mol. The largest absolute Gasteiger partial charge is 0.459 e. The van der Waals surface area contributed by atoms with Crippen molar-refractivity contribution in [3.8, 4) is 11.3 Å². The van der Waals surface area contributed by atoms with Gasteiger partial charge < -0.3 is 14.8 Å². The van der Waals surface area contributed by atoms with E-state index in [1.54, 1.807) is 18.2 Å². The number of anilines is 1. The number of furan rings is 1. The number of benzene rings is 2. The molecule has 0 radical (unpaired) electrons. The summed E-state index contributed by atoms with van der Waals surface area (Å²) in [4.78, 5) is 12.3. The number of nitrogens with one attached hydrogen (secondary N) is 1. The van der Waals surface area contributed by atoms with Crippen LogP contribution in [-0.4, -0.2) is 11.0 Å². The van der Waals surface area contributed by atoms with E-state index in [-0.39, 0.29) is 18.3 Å². The fraction of sp³-hybridized carbons (Fsp3) is 0.105. The smallest absolute Gasteiger partial charge is 0.255 e. The molecule has 0 aliphatic rings. The predicted octanol–water partition coefficient (Wildman–Crippen LogP) is 4.14. The van der Waals surface area contributed by atoms with Crippen molar-refractivity contribution < 1.29 is 18.7 Å². The van der Waals surface area contributed by atoms with Crippen molar-refractivity contribution in [1.29, 1.82) is 0 Å². The first kappa shape index (κ1) is 16.0. The van der Waals surface area contributed by atoms with Gasteiger partial charge in [-0.2, -0.15) is 0 Å². The minimum absolute atomic E-state index is 0.167. The van der Waals surface area contributed by atoms with E-state index in [0.29, 0.717) is 22.8 Å². The summed E-state index contributed by atoms with van der Waals surface area (Å²) in [7, 11) is 0. The van der Waals surface area contributed by atoms with Crippen LogP contribution in [0.5, 0.6) is 0 Å². The lowest BCUT2D eigenvalue weighted by Crippen LogP contribution is -2.12. The van der Waals surface area contributed by atoms with Crippen LogP contribution >= 0.6 is 0 Å². The number of aliphatic hydroxyl groups excluding tert-OH is 1. The number of halogens is 1. The molecule has 1 amide bonds. The van der Waals surface area contributed by atoms with Crippen molar-refractivity contribution in [2.45, 2.75) is 13.5 Å². The standard InChI is InChI=1S/C19H16FNO3/c1-12-2-3-14(18-9-8-16(11-22)24-18)10-17(12)21-19(23)13-4-6-15(20)7-5-13/h2-10,22H,11H2,1H3,(H,21,23). The molecule has 2 aromatic carbocycles. The third-order valence-corrected chi connectivity index (χ3v) is 3.69. The molecule has 4 nitrogen and oxygen atoms in total. The van der Waals surface area contributed by atoms with E-state index in [9.17, 15) is 9.18 Å². The van der Waals surface area contributed by atoms with Gasteiger partial charge in [-0.3, -0.25) is 4.79 Å². The van der Waals surface area contributed by atoms with Crippen molar-refractivity contribution in [2.75, 3.05) is 5.32 Å². The first-order valence-electron chi connectivity index (χ1n) is 7.44. The Labute approximate surface area is 138 Å². The fourth-order valence-corrected chi connectivity index (χ4v) is 2.32. The summed E-state index contributed by atoms with van der Waals surface area (Å²) >= 11 is 0. The first-order valence-corrected chi connectivity index (χ1v) is 7.44. The fourth-order valence-electron chi connectivity index (χ4n) is 2.32. The zero-order chi connectivity index (χ0) is 17.1. The quantitative estimate of drug-likeness (QED) is 0.758.